The van der Waals surface area contributed by atoms with Gasteiger partial charge in [0.25, 0.3) is 0 Å². The zero-order valence-corrected chi connectivity index (χ0v) is 16.1. The molecule has 8 heteroatoms. The number of alkyl halides is 3. The second-order valence-electron chi connectivity index (χ2n) is 8.34. The van der Waals surface area contributed by atoms with Crippen LogP contribution >= 0.6 is 0 Å². The van der Waals surface area contributed by atoms with Crippen LogP contribution < -0.4 is 5.32 Å². The Morgan fingerprint density at radius 3 is 2.39 bits per heavy atom. The van der Waals surface area contributed by atoms with Crippen LogP contribution in [0.4, 0.5) is 18.9 Å². The van der Waals surface area contributed by atoms with Crippen molar-refractivity contribution in [2.75, 3.05) is 5.32 Å². The van der Waals surface area contributed by atoms with Crippen LogP contribution in [0.1, 0.15) is 52.3 Å². The van der Waals surface area contributed by atoms with Gasteiger partial charge in [0.2, 0.25) is 17.6 Å². The summed E-state index contributed by atoms with van der Waals surface area (Å²) in [4.78, 5) is 16.8. The number of carbonyl (C=O) groups excluding carboxylic acids is 1. The number of benzene rings is 1. The van der Waals surface area contributed by atoms with E-state index in [2.05, 4.69) is 15.5 Å². The SMILES string of the molecule is CC(C)(C)c1nc(-c2ccc(NC(=O)C3CCCC(C(F)(F)F)C3)cc2)no1. The number of carbonyl (C=O) groups is 1. The molecule has 2 aromatic rings. The fourth-order valence-corrected chi connectivity index (χ4v) is 3.32. The molecular weight excluding hydrogens is 371 g/mol. The van der Waals surface area contributed by atoms with E-state index >= 15 is 0 Å². The van der Waals surface area contributed by atoms with Crippen LogP contribution in [-0.2, 0) is 10.2 Å². The van der Waals surface area contributed by atoms with E-state index < -0.39 is 18.0 Å². The fraction of sp³-hybridized carbons (Fsp3) is 0.550. The zero-order chi connectivity index (χ0) is 20.5. The lowest BCUT2D eigenvalue weighted by molar-refractivity contribution is -0.185. The molecule has 1 aromatic heterocycles. The minimum absolute atomic E-state index is 0.100. The Morgan fingerprint density at radius 1 is 1.14 bits per heavy atom. The van der Waals surface area contributed by atoms with Crippen molar-refractivity contribution in [2.24, 2.45) is 11.8 Å². The Hall–Kier alpha value is -2.38. The quantitative estimate of drug-likeness (QED) is 0.762. The summed E-state index contributed by atoms with van der Waals surface area (Å²) in [6, 6.07) is 6.85. The largest absolute Gasteiger partial charge is 0.391 e. The number of hydrogen-bond donors (Lipinski definition) is 1. The summed E-state index contributed by atoms with van der Waals surface area (Å²) < 4.78 is 44.1. The average molecular weight is 395 g/mol. The minimum Gasteiger partial charge on any atom is -0.338 e. The van der Waals surface area contributed by atoms with Crippen LogP contribution in [0.3, 0.4) is 0 Å². The summed E-state index contributed by atoms with van der Waals surface area (Å²) >= 11 is 0. The standard InChI is InChI=1S/C20H24F3N3O2/c1-19(2,3)18-25-16(26-28-18)12-7-9-15(10-8-12)24-17(27)13-5-4-6-14(11-13)20(21,22)23/h7-10,13-14H,4-6,11H2,1-3H3,(H,24,27). The first kappa shape index (κ1) is 20.4. The van der Waals surface area contributed by atoms with Gasteiger partial charge in [-0.05, 0) is 43.5 Å². The molecule has 1 heterocycles. The van der Waals surface area contributed by atoms with Crippen molar-refractivity contribution >= 4 is 11.6 Å². The lowest BCUT2D eigenvalue weighted by Gasteiger charge is -2.29. The molecule has 28 heavy (non-hydrogen) atoms. The molecule has 2 unspecified atom stereocenters. The molecule has 0 bridgehead atoms. The molecule has 1 aliphatic rings. The van der Waals surface area contributed by atoms with Gasteiger partial charge >= 0.3 is 6.18 Å². The van der Waals surface area contributed by atoms with Crippen LogP contribution in [0.25, 0.3) is 11.4 Å². The number of amides is 1. The molecule has 1 fully saturated rings. The molecule has 0 aliphatic heterocycles. The third-order valence-electron chi connectivity index (χ3n) is 4.99. The summed E-state index contributed by atoms with van der Waals surface area (Å²) in [5, 5.41) is 6.69. The zero-order valence-electron chi connectivity index (χ0n) is 16.1. The Labute approximate surface area is 161 Å². The Morgan fingerprint density at radius 2 is 1.82 bits per heavy atom. The highest BCUT2D eigenvalue weighted by atomic mass is 19.4. The molecular formula is C20H24F3N3O2. The van der Waals surface area contributed by atoms with E-state index in [4.69, 9.17) is 4.52 Å². The maximum absolute atomic E-state index is 12.9. The Kier molecular flexibility index (Phi) is 5.50. The number of anilines is 1. The molecule has 5 nitrogen and oxygen atoms in total. The van der Waals surface area contributed by atoms with Gasteiger partial charge in [0.1, 0.15) is 0 Å². The van der Waals surface area contributed by atoms with Crippen molar-refractivity contribution in [3.63, 3.8) is 0 Å². The van der Waals surface area contributed by atoms with Gasteiger partial charge in [0, 0.05) is 22.6 Å². The summed E-state index contributed by atoms with van der Waals surface area (Å²) in [5.74, 6) is -1.41. The topological polar surface area (TPSA) is 68.0 Å². The van der Waals surface area contributed by atoms with Gasteiger partial charge in [-0.1, -0.05) is 32.3 Å². The van der Waals surface area contributed by atoms with E-state index in [0.717, 1.165) is 5.56 Å². The van der Waals surface area contributed by atoms with E-state index in [9.17, 15) is 18.0 Å². The van der Waals surface area contributed by atoms with Gasteiger partial charge in [-0.15, -0.1) is 0 Å². The van der Waals surface area contributed by atoms with Crippen molar-refractivity contribution in [2.45, 2.75) is 58.0 Å². The monoisotopic (exact) mass is 395 g/mol. The van der Waals surface area contributed by atoms with E-state index in [1.54, 1.807) is 24.3 Å². The first-order chi connectivity index (χ1) is 13.0. The van der Waals surface area contributed by atoms with Gasteiger partial charge in [0.15, 0.2) is 0 Å². The van der Waals surface area contributed by atoms with Crippen LogP contribution in [0.5, 0.6) is 0 Å². The summed E-state index contributed by atoms with van der Waals surface area (Å²) in [6.45, 7) is 5.91. The molecule has 0 spiro atoms. The number of nitrogens with zero attached hydrogens (tertiary/aromatic N) is 2. The molecule has 152 valence electrons. The molecule has 1 aromatic carbocycles. The van der Waals surface area contributed by atoms with Crippen LogP contribution in [0, 0.1) is 11.8 Å². The van der Waals surface area contributed by atoms with Crippen molar-refractivity contribution in [3.8, 4) is 11.4 Å². The lowest BCUT2D eigenvalue weighted by Crippen LogP contribution is -2.34. The smallest absolute Gasteiger partial charge is 0.338 e. The minimum atomic E-state index is -4.24. The van der Waals surface area contributed by atoms with Gasteiger partial charge in [-0.25, -0.2) is 0 Å². The third-order valence-corrected chi connectivity index (χ3v) is 4.99. The van der Waals surface area contributed by atoms with Crippen molar-refractivity contribution < 1.29 is 22.5 Å². The Bertz CT molecular complexity index is 822. The number of rotatable bonds is 3. The van der Waals surface area contributed by atoms with Crippen LogP contribution in [-0.4, -0.2) is 22.2 Å². The third kappa shape index (κ3) is 4.72. The Balaban J connectivity index is 1.64. The maximum atomic E-state index is 12.9. The van der Waals surface area contributed by atoms with Crippen LogP contribution in [0.2, 0.25) is 0 Å². The number of hydrogen-bond acceptors (Lipinski definition) is 4. The van der Waals surface area contributed by atoms with E-state index in [0.29, 0.717) is 30.2 Å². The normalized spacial score (nSPS) is 20.8. The summed E-state index contributed by atoms with van der Waals surface area (Å²) in [6.07, 6.45) is -3.39. The first-order valence-corrected chi connectivity index (χ1v) is 9.36. The fourth-order valence-electron chi connectivity index (χ4n) is 3.32. The van der Waals surface area contributed by atoms with Gasteiger partial charge in [0.05, 0.1) is 5.92 Å². The van der Waals surface area contributed by atoms with Crippen molar-refractivity contribution in [1.29, 1.82) is 0 Å². The van der Waals surface area contributed by atoms with Crippen LogP contribution in [0.15, 0.2) is 28.8 Å². The molecule has 3 rings (SSSR count). The van der Waals surface area contributed by atoms with Gasteiger partial charge < -0.3 is 9.84 Å². The molecule has 0 radical (unpaired) electrons. The van der Waals surface area contributed by atoms with E-state index in [-0.39, 0.29) is 24.2 Å². The molecule has 1 amide bonds. The van der Waals surface area contributed by atoms with E-state index in [1.165, 1.54) is 0 Å². The summed E-state index contributed by atoms with van der Waals surface area (Å²) in [7, 11) is 0. The maximum Gasteiger partial charge on any atom is 0.391 e. The van der Waals surface area contributed by atoms with Crippen molar-refractivity contribution in [3.05, 3.63) is 30.2 Å². The average Bonchev–Trinajstić information content (AvgIpc) is 3.12. The van der Waals surface area contributed by atoms with Gasteiger partial charge in [-0.2, -0.15) is 18.2 Å². The second-order valence-corrected chi connectivity index (χ2v) is 8.34. The van der Waals surface area contributed by atoms with Gasteiger partial charge in [-0.3, -0.25) is 4.79 Å². The first-order valence-electron chi connectivity index (χ1n) is 9.36. The molecule has 1 N–H and O–H groups in total. The molecule has 0 saturated heterocycles. The number of halogens is 3. The lowest BCUT2D eigenvalue weighted by atomic mass is 9.80. The predicted molar refractivity (Wildman–Crippen MR) is 98.6 cm³/mol. The molecule has 1 aliphatic carbocycles. The van der Waals surface area contributed by atoms with Crippen molar-refractivity contribution in [1.82, 2.24) is 10.1 Å². The molecule has 1 saturated carbocycles. The number of aromatic nitrogens is 2. The second kappa shape index (κ2) is 7.56. The molecule has 2 atom stereocenters. The predicted octanol–water partition coefficient (Wildman–Crippen LogP) is 5.34. The highest BCUT2D eigenvalue weighted by molar-refractivity contribution is 5.92. The highest BCUT2D eigenvalue weighted by Gasteiger charge is 2.43. The number of nitrogens with one attached hydrogen (secondary N) is 1. The summed E-state index contributed by atoms with van der Waals surface area (Å²) in [5.41, 5.74) is 1.00. The van der Waals surface area contributed by atoms with E-state index in [1.807, 2.05) is 20.8 Å². The highest BCUT2D eigenvalue weighted by Crippen LogP contribution is 2.40.